The van der Waals surface area contributed by atoms with Crippen molar-refractivity contribution < 1.29 is 4.79 Å². The van der Waals surface area contributed by atoms with E-state index in [1.807, 2.05) is 14.1 Å². The molecule has 0 saturated heterocycles. The van der Waals surface area contributed by atoms with Gasteiger partial charge in [0.25, 0.3) is 0 Å². The summed E-state index contributed by atoms with van der Waals surface area (Å²) in [6.45, 7) is 0.991. The number of aryl methyl sites for hydroxylation is 1. The highest BCUT2D eigenvalue weighted by Crippen LogP contribution is 2.38. The van der Waals surface area contributed by atoms with Gasteiger partial charge < -0.3 is 15.2 Å². The number of para-hydroxylation sites is 2. The first-order chi connectivity index (χ1) is 14.1. The van der Waals surface area contributed by atoms with Crippen molar-refractivity contribution in [1.29, 1.82) is 0 Å². The van der Waals surface area contributed by atoms with E-state index in [0.29, 0.717) is 6.42 Å². The van der Waals surface area contributed by atoms with E-state index in [9.17, 15) is 4.79 Å². The molecule has 0 unspecified atom stereocenters. The molecule has 5 rings (SSSR count). The fourth-order valence-electron chi connectivity index (χ4n) is 4.47. The summed E-state index contributed by atoms with van der Waals surface area (Å²) in [6.07, 6.45) is 2.31. The summed E-state index contributed by atoms with van der Waals surface area (Å²) < 4.78 is 0. The third kappa shape index (κ3) is 3.05. The molecular weight excluding hydrogens is 358 g/mol. The van der Waals surface area contributed by atoms with Gasteiger partial charge in [-0.25, -0.2) is 0 Å². The van der Waals surface area contributed by atoms with E-state index in [4.69, 9.17) is 0 Å². The second-order valence-corrected chi connectivity index (χ2v) is 8.03. The molecule has 4 aromatic rings. The van der Waals surface area contributed by atoms with Gasteiger partial charge in [-0.2, -0.15) is 0 Å². The van der Waals surface area contributed by atoms with Crippen LogP contribution in [0.4, 0.5) is 5.69 Å². The number of fused-ring (bicyclic) bond motifs is 4. The van der Waals surface area contributed by atoms with Crippen molar-refractivity contribution in [1.82, 2.24) is 9.88 Å². The maximum absolute atomic E-state index is 12.3. The molecule has 0 saturated carbocycles. The number of H-pyrrole nitrogens is 1. The van der Waals surface area contributed by atoms with E-state index < -0.39 is 0 Å². The van der Waals surface area contributed by atoms with Gasteiger partial charge in [-0.05, 0) is 41.7 Å². The molecule has 29 heavy (non-hydrogen) atoms. The SMILES string of the molecule is CN(C)C(=O)CCc1cc(-c2cccc3c2NCC3)cc2[nH]c3ccccc3c12. The van der Waals surface area contributed by atoms with Crippen LogP contribution in [0.15, 0.2) is 54.6 Å². The summed E-state index contributed by atoms with van der Waals surface area (Å²) in [4.78, 5) is 17.5. The first-order valence-electron chi connectivity index (χ1n) is 10.2. The average molecular weight is 383 g/mol. The fraction of sp³-hybridized carbons (Fsp3) is 0.240. The predicted molar refractivity (Wildman–Crippen MR) is 120 cm³/mol. The molecule has 0 radical (unpaired) electrons. The molecule has 1 amide bonds. The maximum atomic E-state index is 12.3. The molecule has 3 aromatic carbocycles. The molecular formula is C25H25N3O. The number of aromatic amines is 1. The number of nitrogens with zero attached hydrogens (tertiary/aromatic N) is 1. The Bertz CT molecular complexity index is 1240. The predicted octanol–water partition coefficient (Wildman–Crippen LogP) is 4.98. The number of hydrogen-bond donors (Lipinski definition) is 2. The van der Waals surface area contributed by atoms with E-state index in [2.05, 4.69) is 64.9 Å². The lowest BCUT2D eigenvalue weighted by Crippen LogP contribution is -2.21. The highest BCUT2D eigenvalue weighted by Gasteiger charge is 2.18. The minimum Gasteiger partial charge on any atom is -0.384 e. The van der Waals surface area contributed by atoms with Crippen LogP contribution in [-0.4, -0.2) is 36.4 Å². The van der Waals surface area contributed by atoms with Gasteiger partial charge in [-0.1, -0.05) is 42.5 Å². The molecule has 0 fully saturated rings. The zero-order chi connectivity index (χ0) is 20.0. The van der Waals surface area contributed by atoms with Crippen molar-refractivity contribution in [2.45, 2.75) is 19.3 Å². The number of carbonyl (C=O) groups excluding carboxylic acids is 1. The van der Waals surface area contributed by atoms with Crippen LogP contribution in [-0.2, 0) is 17.6 Å². The summed E-state index contributed by atoms with van der Waals surface area (Å²) >= 11 is 0. The van der Waals surface area contributed by atoms with Crippen molar-refractivity contribution in [2.75, 3.05) is 26.0 Å². The van der Waals surface area contributed by atoms with E-state index in [1.54, 1.807) is 4.90 Å². The van der Waals surface area contributed by atoms with Crippen LogP contribution in [0.1, 0.15) is 17.5 Å². The lowest BCUT2D eigenvalue weighted by Gasteiger charge is -2.14. The van der Waals surface area contributed by atoms with Crippen molar-refractivity contribution in [3.05, 3.63) is 65.7 Å². The molecule has 1 aliphatic rings. The zero-order valence-electron chi connectivity index (χ0n) is 16.9. The first-order valence-corrected chi connectivity index (χ1v) is 10.2. The molecule has 0 atom stereocenters. The van der Waals surface area contributed by atoms with Crippen LogP contribution in [0.5, 0.6) is 0 Å². The van der Waals surface area contributed by atoms with Gasteiger partial charge in [-0.3, -0.25) is 4.79 Å². The minimum absolute atomic E-state index is 0.158. The van der Waals surface area contributed by atoms with Crippen LogP contribution in [0.25, 0.3) is 32.9 Å². The summed E-state index contributed by atoms with van der Waals surface area (Å²) in [6, 6.07) is 19.5. The Hall–Kier alpha value is -3.27. The molecule has 4 nitrogen and oxygen atoms in total. The standard InChI is InChI=1S/C25H25N3O/c1-28(2)23(29)11-10-17-14-18(19-8-5-6-16-12-13-26-25(16)19)15-22-24(17)20-7-3-4-9-21(20)27-22/h3-9,14-15,26-27H,10-13H2,1-2H3. The monoisotopic (exact) mass is 383 g/mol. The Morgan fingerprint density at radius 3 is 2.76 bits per heavy atom. The van der Waals surface area contributed by atoms with E-state index in [0.717, 1.165) is 30.4 Å². The zero-order valence-corrected chi connectivity index (χ0v) is 16.9. The Kier molecular flexibility index (Phi) is 4.27. The summed E-state index contributed by atoms with van der Waals surface area (Å²) in [5, 5.41) is 6.01. The van der Waals surface area contributed by atoms with Gasteiger partial charge in [0, 0.05) is 60.1 Å². The van der Waals surface area contributed by atoms with E-state index in [1.165, 1.54) is 38.7 Å². The van der Waals surface area contributed by atoms with Gasteiger partial charge in [0.1, 0.15) is 0 Å². The topological polar surface area (TPSA) is 48.1 Å². The van der Waals surface area contributed by atoms with Gasteiger partial charge >= 0.3 is 0 Å². The summed E-state index contributed by atoms with van der Waals surface area (Å²) in [5.74, 6) is 0.158. The Labute approximate surface area is 170 Å². The minimum atomic E-state index is 0.158. The van der Waals surface area contributed by atoms with E-state index in [-0.39, 0.29) is 5.91 Å². The second kappa shape index (κ2) is 6.96. The molecule has 146 valence electrons. The smallest absolute Gasteiger partial charge is 0.222 e. The van der Waals surface area contributed by atoms with Crippen molar-refractivity contribution in [3.8, 4) is 11.1 Å². The van der Waals surface area contributed by atoms with Crippen molar-refractivity contribution in [3.63, 3.8) is 0 Å². The molecule has 0 spiro atoms. The van der Waals surface area contributed by atoms with Gasteiger partial charge in [0.15, 0.2) is 0 Å². The third-order valence-electron chi connectivity index (χ3n) is 5.95. The summed E-state index contributed by atoms with van der Waals surface area (Å²) in [7, 11) is 3.64. The van der Waals surface area contributed by atoms with E-state index >= 15 is 0 Å². The number of benzene rings is 3. The van der Waals surface area contributed by atoms with Crippen molar-refractivity contribution >= 4 is 33.4 Å². The lowest BCUT2D eigenvalue weighted by atomic mass is 9.94. The maximum Gasteiger partial charge on any atom is 0.222 e. The number of nitrogens with one attached hydrogen (secondary N) is 2. The number of amides is 1. The highest BCUT2D eigenvalue weighted by atomic mass is 16.2. The average Bonchev–Trinajstić information content (AvgIpc) is 3.35. The molecule has 1 aromatic heterocycles. The van der Waals surface area contributed by atoms with Crippen LogP contribution in [0, 0.1) is 0 Å². The number of rotatable bonds is 4. The molecule has 4 heteroatoms. The molecule has 0 bridgehead atoms. The van der Waals surface area contributed by atoms with Gasteiger partial charge in [-0.15, -0.1) is 0 Å². The highest BCUT2D eigenvalue weighted by molar-refractivity contribution is 6.10. The number of carbonyl (C=O) groups is 1. The summed E-state index contributed by atoms with van der Waals surface area (Å²) in [5.41, 5.74) is 8.55. The van der Waals surface area contributed by atoms with Crippen LogP contribution in [0.2, 0.25) is 0 Å². The molecule has 2 heterocycles. The second-order valence-electron chi connectivity index (χ2n) is 8.03. The quantitative estimate of drug-likeness (QED) is 0.522. The van der Waals surface area contributed by atoms with Crippen LogP contribution >= 0.6 is 0 Å². The number of anilines is 1. The Morgan fingerprint density at radius 1 is 1.03 bits per heavy atom. The lowest BCUT2D eigenvalue weighted by molar-refractivity contribution is -0.128. The fourth-order valence-corrected chi connectivity index (χ4v) is 4.47. The van der Waals surface area contributed by atoms with Gasteiger partial charge in [0.05, 0.1) is 0 Å². The largest absolute Gasteiger partial charge is 0.384 e. The number of hydrogen-bond acceptors (Lipinski definition) is 2. The van der Waals surface area contributed by atoms with Crippen LogP contribution in [0.3, 0.4) is 0 Å². The normalized spacial score (nSPS) is 12.9. The molecule has 1 aliphatic heterocycles. The first kappa shape index (κ1) is 17.8. The molecule has 2 N–H and O–H groups in total. The third-order valence-corrected chi connectivity index (χ3v) is 5.95. The van der Waals surface area contributed by atoms with Crippen molar-refractivity contribution in [2.24, 2.45) is 0 Å². The van der Waals surface area contributed by atoms with Crippen LogP contribution < -0.4 is 5.32 Å². The Morgan fingerprint density at radius 2 is 1.90 bits per heavy atom. The van der Waals surface area contributed by atoms with Gasteiger partial charge in [0.2, 0.25) is 5.91 Å². The molecule has 0 aliphatic carbocycles. The number of aromatic nitrogens is 1. The Balaban J connectivity index is 1.69.